The molecule has 1 saturated heterocycles. The lowest BCUT2D eigenvalue weighted by Crippen LogP contribution is -2.38. The molecule has 548 valence electrons. The normalized spacial score (nSPS) is 12.8. The third kappa shape index (κ3) is 55.2. The molecule has 0 bridgehead atoms. The van der Waals surface area contributed by atoms with E-state index in [1.54, 1.807) is 0 Å². The van der Waals surface area contributed by atoms with Crippen molar-refractivity contribution < 1.29 is 43.2 Å². The third-order valence-electron chi connectivity index (χ3n) is 18.3. The molecule has 0 saturated carbocycles. The van der Waals surface area contributed by atoms with Crippen LogP contribution < -0.4 is 16.0 Å². The molecule has 0 aliphatic carbocycles. The van der Waals surface area contributed by atoms with Crippen LogP contribution in [0.3, 0.4) is 0 Å². The largest absolute Gasteiger partial charge is 0.466 e. The van der Waals surface area contributed by atoms with Crippen molar-refractivity contribution in [1.82, 2.24) is 29.7 Å². The second-order valence-electron chi connectivity index (χ2n) is 27.2. The molecular formula is C76H145N9O9. The van der Waals surface area contributed by atoms with Gasteiger partial charge in [-0.15, -0.1) is 0 Å². The third-order valence-corrected chi connectivity index (χ3v) is 18.3. The second kappa shape index (κ2) is 65.1. The Labute approximate surface area is 575 Å². The molecule has 18 heteroatoms. The van der Waals surface area contributed by atoms with E-state index in [0.717, 1.165) is 83.8 Å². The maximum absolute atomic E-state index is 13.0. The zero-order chi connectivity index (χ0) is 67.7. The molecule has 94 heavy (non-hydrogen) atoms. The van der Waals surface area contributed by atoms with Crippen molar-refractivity contribution >= 4 is 41.7 Å². The number of esters is 4. The summed E-state index contributed by atoms with van der Waals surface area (Å²) < 4.78 is 22.7. The van der Waals surface area contributed by atoms with Crippen LogP contribution in [0.5, 0.6) is 0 Å². The number of ether oxygens (including phenoxy) is 4. The standard InChI is InChI=1S/C76H145N9O9/c1-5-9-13-17-21-25-29-33-37-41-65-91-70(87)49-60-83(61-50-71(88)92-66-42-38-34-30-26-22-18-14-10-6-2)56-45-53-77-74-80-75(82-76(81-74)79-55-64-85-58-47-69(86)48-59-85)78-54-46-57-84(62-51-72(89)93-67-43-39-35-31-27-23-19-15-11-7-3)63-52-73(90)94-68-44-40-36-32-28-24-20-16-12-8-4/h69,86H,5-68H2,1-4H3,(H3,77,78,79,80,81,82). The topological polar surface area (TPSA) is 210 Å². The van der Waals surface area contributed by atoms with Crippen molar-refractivity contribution in [2.45, 2.75) is 342 Å². The predicted octanol–water partition coefficient (Wildman–Crippen LogP) is 17.4. The first-order valence-electron chi connectivity index (χ1n) is 39.6. The molecule has 1 aromatic heterocycles. The molecular weight excluding hydrogens is 1180 g/mol. The van der Waals surface area contributed by atoms with Gasteiger partial charge in [0, 0.05) is 65.4 Å². The SMILES string of the molecule is CCCCCCCCCCCCOC(=O)CCN(CCCNc1nc(NCCCN(CCC(=O)OCCCCCCCCCCCC)CCC(=O)OCCCCCCCCCCCC)nc(NCCN2CCC(O)CC2)n1)CCC(=O)OCCCCCCCCCCCC. The Morgan fingerprint density at radius 2 is 0.585 bits per heavy atom. The van der Waals surface area contributed by atoms with Gasteiger partial charge in [0.05, 0.1) is 58.2 Å². The Bertz CT molecular complexity index is 1700. The highest BCUT2D eigenvalue weighted by molar-refractivity contribution is 5.71. The first kappa shape index (κ1) is 86.2. The lowest BCUT2D eigenvalue weighted by Gasteiger charge is -2.29. The molecule has 18 nitrogen and oxygen atoms in total. The number of hydrogen-bond donors (Lipinski definition) is 4. The fraction of sp³-hybridized carbons (Fsp3) is 0.908. The van der Waals surface area contributed by atoms with E-state index in [1.807, 2.05) is 0 Å². The minimum atomic E-state index is -0.239. The lowest BCUT2D eigenvalue weighted by molar-refractivity contribution is -0.146. The van der Waals surface area contributed by atoms with Crippen LogP contribution in [0.15, 0.2) is 0 Å². The molecule has 0 unspecified atom stereocenters. The average Bonchev–Trinajstić information content (AvgIpc) is 0.971. The number of unbranched alkanes of at least 4 members (excludes halogenated alkanes) is 36. The maximum Gasteiger partial charge on any atom is 0.307 e. The van der Waals surface area contributed by atoms with Crippen LogP contribution in [-0.2, 0) is 38.1 Å². The van der Waals surface area contributed by atoms with E-state index < -0.39 is 0 Å². The highest BCUT2D eigenvalue weighted by Gasteiger charge is 2.18. The molecule has 1 aliphatic heterocycles. The van der Waals surface area contributed by atoms with E-state index in [-0.39, 0.29) is 55.7 Å². The fourth-order valence-electron chi connectivity index (χ4n) is 12.1. The van der Waals surface area contributed by atoms with Gasteiger partial charge in [0.25, 0.3) is 0 Å². The number of likely N-dealkylation sites (tertiary alicyclic amines) is 1. The fourth-order valence-corrected chi connectivity index (χ4v) is 12.1. The minimum Gasteiger partial charge on any atom is -0.466 e. The van der Waals surface area contributed by atoms with E-state index in [9.17, 15) is 24.3 Å². The van der Waals surface area contributed by atoms with Crippen molar-refractivity contribution in [3.8, 4) is 0 Å². The van der Waals surface area contributed by atoms with E-state index in [0.29, 0.717) is 116 Å². The average molecular weight is 1330 g/mol. The predicted molar refractivity (Wildman–Crippen MR) is 389 cm³/mol. The van der Waals surface area contributed by atoms with Gasteiger partial charge in [0.15, 0.2) is 0 Å². The van der Waals surface area contributed by atoms with Gasteiger partial charge < -0.3 is 54.7 Å². The summed E-state index contributed by atoms with van der Waals surface area (Å²) >= 11 is 0. The summed E-state index contributed by atoms with van der Waals surface area (Å²) in [5.74, 6) is 0.470. The molecule has 0 aromatic carbocycles. The molecule has 0 atom stereocenters. The molecule has 0 amide bonds. The first-order chi connectivity index (χ1) is 46.1. The molecule has 2 rings (SSSR count). The van der Waals surface area contributed by atoms with Crippen LogP contribution in [0.4, 0.5) is 17.8 Å². The highest BCUT2D eigenvalue weighted by atomic mass is 16.5. The molecule has 0 radical (unpaired) electrons. The van der Waals surface area contributed by atoms with E-state index in [4.69, 9.17) is 33.9 Å². The summed E-state index contributed by atoms with van der Waals surface area (Å²) in [6.45, 7) is 18.2. The Kier molecular flexibility index (Phi) is 59.7. The summed E-state index contributed by atoms with van der Waals surface area (Å²) in [6.07, 6.45) is 52.7. The van der Waals surface area contributed by atoms with Gasteiger partial charge in [-0.3, -0.25) is 19.2 Å². The number of carbonyl (C=O) groups excluding carboxylic acids is 4. The number of anilines is 3. The van der Waals surface area contributed by atoms with Gasteiger partial charge in [-0.05, 0) is 64.5 Å². The minimum absolute atomic E-state index is 0.206. The first-order valence-corrected chi connectivity index (χ1v) is 39.6. The van der Waals surface area contributed by atoms with Gasteiger partial charge >= 0.3 is 23.9 Å². The monoisotopic (exact) mass is 1330 g/mol. The van der Waals surface area contributed by atoms with Crippen molar-refractivity contribution in [2.75, 3.05) is 121 Å². The van der Waals surface area contributed by atoms with Crippen molar-refractivity contribution in [2.24, 2.45) is 0 Å². The number of rotatable bonds is 70. The maximum atomic E-state index is 13.0. The molecule has 1 fully saturated rings. The zero-order valence-electron chi connectivity index (χ0n) is 61.2. The summed E-state index contributed by atoms with van der Waals surface area (Å²) in [6, 6.07) is 0. The molecule has 2 heterocycles. The lowest BCUT2D eigenvalue weighted by atomic mass is 10.1. The van der Waals surface area contributed by atoms with Crippen molar-refractivity contribution in [1.29, 1.82) is 0 Å². The van der Waals surface area contributed by atoms with Crippen LogP contribution >= 0.6 is 0 Å². The van der Waals surface area contributed by atoms with Crippen molar-refractivity contribution in [3.63, 3.8) is 0 Å². The van der Waals surface area contributed by atoms with Gasteiger partial charge in [-0.2, -0.15) is 15.0 Å². The van der Waals surface area contributed by atoms with Crippen molar-refractivity contribution in [3.05, 3.63) is 0 Å². The van der Waals surface area contributed by atoms with Gasteiger partial charge in [-0.25, -0.2) is 0 Å². The number of nitrogens with zero attached hydrogens (tertiary/aromatic N) is 6. The number of piperidine rings is 1. The Morgan fingerprint density at radius 3 is 0.840 bits per heavy atom. The highest BCUT2D eigenvalue weighted by Crippen LogP contribution is 2.17. The number of hydrogen-bond acceptors (Lipinski definition) is 18. The molecule has 0 spiro atoms. The van der Waals surface area contributed by atoms with Crippen LogP contribution in [0, 0.1) is 0 Å². The zero-order valence-corrected chi connectivity index (χ0v) is 61.2. The van der Waals surface area contributed by atoms with Gasteiger partial charge in [-0.1, -0.05) is 259 Å². The van der Waals surface area contributed by atoms with Gasteiger partial charge in [0.1, 0.15) is 0 Å². The molecule has 4 N–H and O–H groups in total. The second-order valence-corrected chi connectivity index (χ2v) is 27.2. The summed E-state index contributed by atoms with van der Waals surface area (Å²) in [4.78, 5) is 73.1. The summed E-state index contributed by atoms with van der Waals surface area (Å²) in [5, 5.41) is 20.4. The van der Waals surface area contributed by atoms with Crippen LogP contribution in [0.2, 0.25) is 0 Å². The molecule has 1 aromatic rings. The number of aliphatic hydroxyl groups is 1. The Hall–Kier alpha value is -3.87. The Balaban J connectivity index is 2.04. The number of carbonyl (C=O) groups is 4. The van der Waals surface area contributed by atoms with Gasteiger partial charge in [0.2, 0.25) is 17.8 Å². The summed E-state index contributed by atoms with van der Waals surface area (Å²) in [5.41, 5.74) is 0. The van der Waals surface area contributed by atoms with E-state index in [1.165, 1.54) is 205 Å². The summed E-state index contributed by atoms with van der Waals surface area (Å²) in [7, 11) is 0. The quantitative estimate of drug-likeness (QED) is 0.0271. The van der Waals surface area contributed by atoms with E-state index >= 15 is 0 Å². The Morgan fingerprint density at radius 1 is 0.351 bits per heavy atom. The van der Waals surface area contributed by atoms with Crippen LogP contribution in [0.25, 0.3) is 0 Å². The van der Waals surface area contributed by atoms with Crippen LogP contribution in [-0.4, -0.2) is 170 Å². The van der Waals surface area contributed by atoms with E-state index in [2.05, 4.69) is 58.3 Å². The number of aliphatic hydroxyl groups excluding tert-OH is 1. The van der Waals surface area contributed by atoms with Crippen LogP contribution in [0.1, 0.15) is 336 Å². The molecule has 1 aliphatic rings. The number of aromatic nitrogens is 3. The smallest absolute Gasteiger partial charge is 0.307 e. The number of nitrogens with one attached hydrogen (secondary N) is 3.